The molecule has 0 amide bonds. The number of rotatable bonds is 3. The zero-order chi connectivity index (χ0) is 10.7. The van der Waals surface area contributed by atoms with E-state index in [1.165, 1.54) is 24.3 Å². The first-order chi connectivity index (χ1) is 6.52. The van der Waals surface area contributed by atoms with Crippen molar-refractivity contribution in [3.63, 3.8) is 0 Å². The van der Waals surface area contributed by atoms with Crippen LogP contribution < -0.4 is 34.7 Å². The summed E-state index contributed by atoms with van der Waals surface area (Å²) in [7, 11) is 0. The van der Waals surface area contributed by atoms with Crippen LogP contribution in [0.1, 0.15) is 25.3 Å². The Bertz CT molecular complexity index is 322. The van der Waals surface area contributed by atoms with Crippen LogP contribution in [0, 0.1) is 11.7 Å². The summed E-state index contributed by atoms with van der Waals surface area (Å²) in [5.74, 6) is -2.22. The Labute approximate surface area is 111 Å². The number of carboxylic acid groups (broad SMARTS) is 1. The Morgan fingerprint density at radius 2 is 1.73 bits per heavy atom. The van der Waals surface area contributed by atoms with Crippen molar-refractivity contribution in [1.29, 1.82) is 0 Å². The van der Waals surface area contributed by atoms with Crippen LogP contribution in [0.25, 0.3) is 0 Å². The van der Waals surface area contributed by atoms with Crippen LogP contribution in [-0.4, -0.2) is 5.97 Å². The monoisotopic (exact) mass is 218 g/mol. The molecule has 1 rings (SSSR count). The third-order valence-electron chi connectivity index (χ3n) is 2.15. The molecule has 4 heteroatoms. The number of carbonyl (C=O) groups excluding carboxylic acids is 1. The van der Waals surface area contributed by atoms with Gasteiger partial charge in [-0.05, 0) is 23.6 Å². The number of benzene rings is 1. The smallest absolute Gasteiger partial charge is 0.549 e. The van der Waals surface area contributed by atoms with Gasteiger partial charge in [0.15, 0.2) is 0 Å². The van der Waals surface area contributed by atoms with Crippen LogP contribution in [0.15, 0.2) is 24.3 Å². The van der Waals surface area contributed by atoms with Crippen molar-refractivity contribution in [1.82, 2.24) is 0 Å². The number of hydrogen-bond acceptors (Lipinski definition) is 2. The minimum absolute atomic E-state index is 0. The molecule has 0 radical (unpaired) electrons. The van der Waals surface area contributed by atoms with E-state index < -0.39 is 11.9 Å². The largest absolute Gasteiger partial charge is 1.00 e. The van der Waals surface area contributed by atoms with E-state index in [2.05, 4.69) is 0 Å². The van der Waals surface area contributed by atoms with Crippen molar-refractivity contribution in [2.45, 2.75) is 19.8 Å². The predicted octanol–water partition coefficient (Wildman–Crippen LogP) is -1.68. The second kappa shape index (κ2) is 6.26. The van der Waals surface area contributed by atoms with E-state index >= 15 is 0 Å². The normalized spacial score (nSPS) is 12.0. The maximum atomic E-state index is 12.6. The van der Waals surface area contributed by atoms with E-state index in [-0.39, 0.29) is 41.3 Å². The minimum atomic E-state index is -1.12. The molecule has 1 aromatic rings. The first kappa shape index (κ1) is 14.6. The molecule has 0 bridgehead atoms. The zero-order valence-corrected chi connectivity index (χ0v) is 11.2. The average Bonchev–Trinajstić information content (AvgIpc) is 2.07. The Kier molecular flexibility index (Phi) is 6.10. The number of carbonyl (C=O) groups is 1. The number of hydrogen-bond donors (Lipinski definition) is 0. The molecule has 0 aromatic heterocycles. The molecule has 0 N–H and O–H groups in total. The van der Waals surface area contributed by atoms with Gasteiger partial charge in [-0.1, -0.05) is 26.0 Å². The summed E-state index contributed by atoms with van der Waals surface area (Å²) < 4.78 is 12.6. The number of aliphatic carboxylic acids is 1. The molecule has 0 aliphatic heterocycles. The predicted molar refractivity (Wildman–Crippen MR) is 49.0 cm³/mol. The van der Waals surface area contributed by atoms with Gasteiger partial charge in [-0.2, -0.15) is 0 Å². The van der Waals surface area contributed by atoms with Crippen LogP contribution in [0.4, 0.5) is 4.39 Å². The summed E-state index contributed by atoms with van der Waals surface area (Å²) >= 11 is 0. The first-order valence-electron chi connectivity index (χ1n) is 4.48. The van der Waals surface area contributed by atoms with E-state index in [9.17, 15) is 14.3 Å². The van der Waals surface area contributed by atoms with E-state index in [4.69, 9.17) is 0 Å². The van der Waals surface area contributed by atoms with Crippen LogP contribution in [0.5, 0.6) is 0 Å². The molecule has 0 heterocycles. The Hall–Kier alpha value is -0.380. The minimum Gasteiger partial charge on any atom is -0.549 e. The first-order valence-corrected chi connectivity index (χ1v) is 4.48. The zero-order valence-electron chi connectivity index (χ0n) is 9.16. The molecular weight excluding hydrogens is 206 g/mol. The van der Waals surface area contributed by atoms with Gasteiger partial charge in [-0.25, -0.2) is 4.39 Å². The molecule has 0 aliphatic rings. The molecule has 0 fully saturated rings. The average molecular weight is 218 g/mol. The van der Waals surface area contributed by atoms with Crippen LogP contribution in [0.3, 0.4) is 0 Å². The third kappa shape index (κ3) is 3.93. The van der Waals surface area contributed by atoms with Gasteiger partial charge in [-0.3, -0.25) is 0 Å². The molecular formula is C11H12FNaO2. The molecule has 1 atom stereocenters. The Morgan fingerprint density at radius 1 is 1.27 bits per heavy atom. The molecule has 76 valence electrons. The maximum absolute atomic E-state index is 12.6. The Morgan fingerprint density at radius 3 is 2.07 bits per heavy atom. The standard InChI is InChI=1S/C11H13FO2.Na/c1-7(2)10(11(13)14)8-3-5-9(12)6-4-8;/h3-7,10H,1-2H3,(H,13,14);/q;+1/p-1. The van der Waals surface area contributed by atoms with Gasteiger partial charge in [0, 0.05) is 11.9 Å². The topological polar surface area (TPSA) is 40.1 Å². The summed E-state index contributed by atoms with van der Waals surface area (Å²) in [5.41, 5.74) is 0.585. The van der Waals surface area contributed by atoms with Crippen molar-refractivity contribution in [3.05, 3.63) is 35.6 Å². The van der Waals surface area contributed by atoms with E-state index in [0.29, 0.717) is 5.56 Å². The van der Waals surface area contributed by atoms with Gasteiger partial charge in [0.2, 0.25) is 0 Å². The molecule has 1 aromatic carbocycles. The van der Waals surface area contributed by atoms with Crippen LogP contribution >= 0.6 is 0 Å². The van der Waals surface area contributed by atoms with Crippen molar-refractivity contribution in [2.75, 3.05) is 0 Å². The molecule has 0 aliphatic carbocycles. The third-order valence-corrected chi connectivity index (χ3v) is 2.15. The summed E-state index contributed by atoms with van der Waals surface area (Å²) in [6, 6.07) is 5.48. The van der Waals surface area contributed by atoms with Crippen molar-refractivity contribution >= 4 is 5.97 Å². The molecule has 0 spiro atoms. The molecule has 0 saturated carbocycles. The van der Waals surface area contributed by atoms with Gasteiger partial charge in [0.1, 0.15) is 5.82 Å². The molecule has 0 saturated heterocycles. The van der Waals surface area contributed by atoms with Gasteiger partial charge in [-0.15, -0.1) is 0 Å². The maximum Gasteiger partial charge on any atom is 1.00 e. The van der Waals surface area contributed by atoms with Crippen LogP contribution in [0.2, 0.25) is 0 Å². The van der Waals surface area contributed by atoms with Crippen molar-refractivity contribution < 1.29 is 43.8 Å². The van der Waals surface area contributed by atoms with Crippen molar-refractivity contribution in [3.8, 4) is 0 Å². The van der Waals surface area contributed by atoms with Gasteiger partial charge >= 0.3 is 29.6 Å². The summed E-state index contributed by atoms with van der Waals surface area (Å²) in [5, 5.41) is 10.8. The van der Waals surface area contributed by atoms with Gasteiger partial charge in [0.25, 0.3) is 0 Å². The fraction of sp³-hybridized carbons (Fsp3) is 0.364. The molecule has 1 unspecified atom stereocenters. The molecule has 2 nitrogen and oxygen atoms in total. The van der Waals surface area contributed by atoms with E-state index in [1.54, 1.807) is 13.8 Å². The number of halogens is 1. The summed E-state index contributed by atoms with van der Waals surface area (Å²) in [6.07, 6.45) is 0. The van der Waals surface area contributed by atoms with Gasteiger partial charge < -0.3 is 9.90 Å². The van der Waals surface area contributed by atoms with Crippen LogP contribution in [-0.2, 0) is 4.79 Å². The van der Waals surface area contributed by atoms with Gasteiger partial charge in [0.05, 0.1) is 0 Å². The second-order valence-electron chi connectivity index (χ2n) is 3.59. The van der Waals surface area contributed by atoms with E-state index in [1.807, 2.05) is 0 Å². The Balaban J connectivity index is 0.00000196. The quantitative estimate of drug-likeness (QED) is 0.568. The van der Waals surface area contributed by atoms with Crippen molar-refractivity contribution in [2.24, 2.45) is 5.92 Å². The fourth-order valence-corrected chi connectivity index (χ4v) is 1.46. The summed E-state index contributed by atoms with van der Waals surface area (Å²) in [4.78, 5) is 10.8. The SMILES string of the molecule is CC(C)C(C(=O)[O-])c1ccc(F)cc1.[Na+]. The second-order valence-corrected chi connectivity index (χ2v) is 3.59. The summed E-state index contributed by atoms with van der Waals surface area (Å²) in [6.45, 7) is 3.59. The fourth-order valence-electron chi connectivity index (χ4n) is 1.46. The molecule has 15 heavy (non-hydrogen) atoms. The number of carboxylic acids is 1. The van der Waals surface area contributed by atoms with E-state index in [0.717, 1.165) is 0 Å².